The van der Waals surface area contributed by atoms with Gasteiger partial charge in [-0.2, -0.15) is 0 Å². The minimum absolute atomic E-state index is 0.231. The highest BCUT2D eigenvalue weighted by Gasteiger charge is 2.52. The third-order valence-electron chi connectivity index (χ3n) is 5.72. The molecule has 5 nitrogen and oxygen atoms in total. The molecule has 3 rings (SSSR count). The average molecular weight is 453 g/mol. The van der Waals surface area contributed by atoms with Gasteiger partial charge in [0.2, 0.25) is 0 Å². The smallest absolute Gasteiger partial charge is 0.331 e. The van der Waals surface area contributed by atoms with Crippen LogP contribution in [0.3, 0.4) is 0 Å². The van der Waals surface area contributed by atoms with E-state index in [1.54, 1.807) is 6.08 Å². The molecule has 0 aromatic heterocycles. The number of ether oxygens (including phenoxy) is 2. The van der Waals surface area contributed by atoms with Gasteiger partial charge >= 0.3 is 11.9 Å². The van der Waals surface area contributed by atoms with Crippen molar-refractivity contribution in [2.75, 3.05) is 0 Å². The molecule has 32 heavy (non-hydrogen) atoms. The first-order valence-corrected chi connectivity index (χ1v) is 12.9. The van der Waals surface area contributed by atoms with E-state index in [-0.39, 0.29) is 23.1 Å². The molecular formula is C26H32O5Si. The largest absolute Gasteiger partial charge is 0.463 e. The Morgan fingerprint density at radius 2 is 1.56 bits per heavy atom. The minimum atomic E-state index is -2.87. The molecule has 0 bridgehead atoms. The van der Waals surface area contributed by atoms with Crippen molar-refractivity contribution in [3.05, 3.63) is 72.8 Å². The second-order valence-electron chi connectivity index (χ2n) is 9.24. The summed E-state index contributed by atoms with van der Waals surface area (Å²) in [6.07, 6.45) is 2.18. The molecule has 6 heteroatoms. The molecule has 0 fully saturated rings. The van der Waals surface area contributed by atoms with Crippen molar-refractivity contribution in [3.8, 4) is 0 Å². The van der Waals surface area contributed by atoms with Gasteiger partial charge in [0.15, 0.2) is 0 Å². The fraction of sp³-hybridized carbons (Fsp3) is 0.385. The summed E-state index contributed by atoms with van der Waals surface area (Å²) >= 11 is 0. The van der Waals surface area contributed by atoms with Gasteiger partial charge in [0.05, 0.1) is 6.10 Å². The van der Waals surface area contributed by atoms with Gasteiger partial charge < -0.3 is 13.9 Å². The Bertz CT molecular complexity index is 910. The van der Waals surface area contributed by atoms with Gasteiger partial charge in [0.1, 0.15) is 12.2 Å². The van der Waals surface area contributed by atoms with Gasteiger partial charge in [-0.1, -0.05) is 81.4 Å². The molecular weight excluding hydrogens is 420 g/mol. The van der Waals surface area contributed by atoms with Crippen molar-refractivity contribution in [2.24, 2.45) is 0 Å². The summed E-state index contributed by atoms with van der Waals surface area (Å²) in [5, 5.41) is 2.04. The molecule has 0 radical (unpaired) electrons. The lowest BCUT2D eigenvalue weighted by Crippen LogP contribution is -2.68. The van der Waals surface area contributed by atoms with Crippen LogP contribution in [0.4, 0.5) is 0 Å². The van der Waals surface area contributed by atoms with E-state index in [9.17, 15) is 9.59 Å². The molecule has 170 valence electrons. The summed E-state index contributed by atoms with van der Waals surface area (Å²) in [4.78, 5) is 23.4. The van der Waals surface area contributed by atoms with E-state index in [1.807, 2.05) is 43.3 Å². The number of cyclic esters (lactones) is 1. The normalized spacial score (nSPS) is 18.2. The summed E-state index contributed by atoms with van der Waals surface area (Å²) in [6.45, 7) is 9.82. The first kappa shape index (κ1) is 23.9. The van der Waals surface area contributed by atoms with Gasteiger partial charge in [-0.3, -0.25) is 4.79 Å². The predicted molar refractivity (Wildman–Crippen MR) is 127 cm³/mol. The van der Waals surface area contributed by atoms with Crippen molar-refractivity contribution >= 4 is 30.6 Å². The zero-order valence-corrected chi connectivity index (χ0v) is 20.4. The number of benzene rings is 2. The number of hydrogen-bond acceptors (Lipinski definition) is 5. The molecule has 0 unspecified atom stereocenters. The molecule has 0 spiro atoms. The number of carbonyl (C=O) groups is 2. The SMILES string of the molecule is CC(=O)O[C@H](C)C[C@H](O[Si](c1ccccc1)(c1ccccc1)C(C)(C)C)[C@@H]1C=CC(=O)O1. The van der Waals surface area contributed by atoms with Crippen molar-refractivity contribution in [1.82, 2.24) is 0 Å². The highest BCUT2D eigenvalue weighted by atomic mass is 28.4. The maximum atomic E-state index is 11.9. The van der Waals surface area contributed by atoms with E-state index in [0.29, 0.717) is 6.42 Å². The monoisotopic (exact) mass is 452 g/mol. The first-order chi connectivity index (χ1) is 15.1. The van der Waals surface area contributed by atoms with Crippen LogP contribution >= 0.6 is 0 Å². The summed E-state index contributed by atoms with van der Waals surface area (Å²) in [6, 6.07) is 20.6. The number of rotatable bonds is 8. The molecule has 1 aliphatic rings. The van der Waals surface area contributed by atoms with Crippen LogP contribution in [0.5, 0.6) is 0 Å². The number of esters is 2. The Kier molecular flexibility index (Phi) is 7.36. The molecule has 2 aromatic carbocycles. The standard InChI is InChI=1S/C26H32O5Si/c1-19(29-20(2)27)18-24(23-16-17-25(28)30-23)31-32(26(3,4)5,21-12-8-6-9-13-21)22-14-10-7-11-15-22/h6-17,19,23-24H,18H2,1-5H3/t19-,23+,24+/m1/s1. The fourth-order valence-corrected chi connectivity index (χ4v) is 9.11. The minimum Gasteiger partial charge on any atom is -0.463 e. The van der Waals surface area contributed by atoms with E-state index >= 15 is 0 Å². The molecule has 0 amide bonds. The van der Waals surface area contributed by atoms with E-state index in [2.05, 4.69) is 45.0 Å². The topological polar surface area (TPSA) is 61.8 Å². The van der Waals surface area contributed by atoms with E-state index in [0.717, 1.165) is 10.4 Å². The second kappa shape index (κ2) is 9.84. The van der Waals surface area contributed by atoms with Crippen molar-refractivity contribution in [3.63, 3.8) is 0 Å². The molecule has 0 aliphatic carbocycles. The lowest BCUT2D eigenvalue weighted by atomic mass is 10.1. The Morgan fingerprint density at radius 1 is 1.03 bits per heavy atom. The quantitative estimate of drug-likeness (QED) is 0.451. The highest BCUT2D eigenvalue weighted by Crippen LogP contribution is 2.39. The number of hydrogen-bond donors (Lipinski definition) is 0. The van der Waals surface area contributed by atoms with Crippen molar-refractivity contribution in [1.29, 1.82) is 0 Å². The van der Waals surface area contributed by atoms with Gasteiger partial charge in [-0.25, -0.2) is 4.79 Å². The highest BCUT2D eigenvalue weighted by molar-refractivity contribution is 6.99. The third kappa shape index (κ3) is 5.19. The summed E-state index contributed by atoms with van der Waals surface area (Å²) in [5.41, 5.74) is 0. The van der Waals surface area contributed by atoms with Crippen molar-refractivity contribution < 1.29 is 23.5 Å². The van der Waals surface area contributed by atoms with E-state index < -0.39 is 20.5 Å². The van der Waals surface area contributed by atoms with Crippen LogP contribution < -0.4 is 10.4 Å². The number of carbonyl (C=O) groups excluding carboxylic acids is 2. The molecule has 1 heterocycles. The summed E-state index contributed by atoms with van der Waals surface area (Å²) in [7, 11) is -2.87. The molecule has 0 saturated carbocycles. The Balaban J connectivity index is 2.12. The molecule has 3 atom stereocenters. The maximum absolute atomic E-state index is 11.9. The Labute approximate surface area is 191 Å². The zero-order chi connectivity index (χ0) is 23.4. The lowest BCUT2D eigenvalue weighted by Gasteiger charge is -2.46. The fourth-order valence-electron chi connectivity index (χ4n) is 4.41. The average Bonchev–Trinajstić information content (AvgIpc) is 3.17. The van der Waals surface area contributed by atoms with E-state index in [1.165, 1.54) is 13.0 Å². The van der Waals surface area contributed by atoms with Crippen LogP contribution in [0.25, 0.3) is 0 Å². The van der Waals surface area contributed by atoms with Gasteiger partial charge in [0, 0.05) is 19.4 Å². The van der Waals surface area contributed by atoms with Crippen LogP contribution in [-0.4, -0.2) is 38.6 Å². The van der Waals surface area contributed by atoms with Crippen LogP contribution in [-0.2, 0) is 23.5 Å². The van der Waals surface area contributed by atoms with Crippen LogP contribution in [0.1, 0.15) is 41.0 Å². The summed E-state index contributed by atoms with van der Waals surface area (Å²) in [5.74, 6) is -0.730. The Hall–Kier alpha value is -2.70. The van der Waals surface area contributed by atoms with Crippen LogP contribution in [0.2, 0.25) is 5.04 Å². The van der Waals surface area contributed by atoms with Gasteiger partial charge in [0.25, 0.3) is 8.32 Å². The van der Waals surface area contributed by atoms with Gasteiger partial charge in [-0.05, 0) is 28.4 Å². The zero-order valence-electron chi connectivity index (χ0n) is 19.4. The van der Waals surface area contributed by atoms with Gasteiger partial charge in [-0.15, -0.1) is 0 Å². The predicted octanol–water partition coefficient (Wildman–Crippen LogP) is 3.75. The Morgan fingerprint density at radius 3 is 1.97 bits per heavy atom. The first-order valence-electron chi connectivity index (χ1n) is 11.0. The second-order valence-corrected chi connectivity index (χ2v) is 13.5. The third-order valence-corrected chi connectivity index (χ3v) is 10.8. The van der Waals surface area contributed by atoms with E-state index in [4.69, 9.17) is 13.9 Å². The maximum Gasteiger partial charge on any atom is 0.331 e. The molecule has 0 N–H and O–H groups in total. The van der Waals surface area contributed by atoms with Crippen LogP contribution in [0, 0.1) is 0 Å². The molecule has 2 aromatic rings. The molecule has 0 saturated heterocycles. The molecule has 1 aliphatic heterocycles. The van der Waals surface area contributed by atoms with Crippen molar-refractivity contribution in [2.45, 2.75) is 64.4 Å². The van der Waals surface area contributed by atoms with Crippen LogP contribution in [0.15, 0.2) is 72.8 Å². The lowest BCUT2D eigenvalue weighted by molar-refractivity contribution is -0.150. The summed E-state index contributed by atoms with van der Waals surface area (Å²) < 4.78 is 18.2.